The van der Waals surface area contributed by atoms with Gasteiger partial charge in [-0.15, -0.1) is 24.0 Å². The minimum absolute atomic E-state index is 0. The predicted octanol–water partition coefficient (Wildman–Crippen LogP) is 3.27. The Morgan fingerprint density at radius 2 is 2.04 bits per heavy atom. The maximum atomic E-state index is 14.1. The number of halogens is 2. The predicted molar refractivity (Wildman–Crippen MR) is 115 cm³/mol. The first kappa shape index (κ1) is 19.9. The Morgan fingerprint density at radius 3 is 2.65 bits per heavy atom. The Balaban J connectivity index is 0.00000196. The fraction of sp³-hybridized carbons (Fsp3) is 0.650. The van der Waals surface area contributed by atoms with E-state index in [0.717, 1.165) is 49.9 Å². The van der Waals surface area contributed by atoms with Gasteiger partial charge in [0.05, 0.1) is 0 Å². The van der Waals surface area contributed by atoms with Crippen LogP contribution in [0.3, 0.4) is 0 Å². The summed E-state index contributed by atoms with van der Waals surface area (Å²) in [5, 5.41) is 7.03. The van der Waals surface area contributed by atoms with Crippen LogP contribution in [0.25, 0.3) is 0 Å². The van der Waals surface area contributed by atoms with E-state index < -0.39 is 0 Å². The number of aliphatic imine (C=N–C) groups is 1. The van der Waals surface area contributed by atoms with Crippen LogP contribution in [0.4, 0.5) is 4.39 Å². The number of nitrogens with zero attached hydrogens (tertiary/aromatic N) is 2. The molecule has 0 spiro atoms. The lowest BCUT2D eigenvalue weighted by Gasteiger charge is -2.22. The Morgan fingerprint density at radius 1 is 1.31 bits per heavy atom. The van der Waals surface area contributed by atoms with Crippen LogP contribution in [0.15, 0.2) is 29.3 Å². The Bertz CT molecular complexity index is 657. The van der Waals surface area contributed by atoms with Crippen molar-refractivity contribution < 1.29 is 4.39 Å². The second-order valence-electron chi connectivity index (χ2n) is 8.04. The molecule has 2 N–H and O–H groups in total. The van der Waals surface area contributed by atoms with Crippen molar-refractivity contribution in [2.75, 3.05) is 20.1 Å². The van der Waals surface area contributed by atoms with Crippen molar-refractivity contribution in [2.45, 2.75) is 62.6 Å². The first-order chi connectivity index (χ1) is 12.1. The van der Waals surface area contributed by atoms with Crippen molar-refractivity contribution in [1.29, 1.82) is 0 Å². The van der Waals surface area contributed by atoms with Crippen LogP contribution < -0.4 is 10.6 Å². The highest BCUT2D eigenvalue weighted by Gasteiger charge is 2.46. The van der Waals surface area contributed by atoms with Crippen molar-refractivity contribution in [3.63, 3.8) is 0 Å². The van der Waals surface area contributed by atoms with Crippen LogP contribution in [-0.2, 0) is 5.41 Å². The average molecular weight is 472 g/mol. The summed E-state index contributed by atoms with van der Waals surface area (Å²) in [5.41, 5.74) is 0.777. The SMILES string of the molecule is CN=C(NCC1(c2ccccc2F)CC1)NC1CC(C)N(C2CC2)C1.I. The van der Waals surface area contributed by atoms with Crippen LogP contribution in [-0.4, -0.2) is 49.1 Å². The highest BCUT2D eigenvalue weighted by molar-refractivity contribution is 14.0. The van der Waals surface area contributed by atoms with Crippen molar-refractivity contribution in [2.24, 2.45) is 4.99 Å². The monoisotopic (exact) mass is 472 g/mol. The molecule has 1 aliphatic heterocycles. The van der Waals surface area contributed by atoms with Crippen LogP contribution in [0, 0.1) is 5.82 Å². The lowest BCUT2D eigenvalue weighted by Crippen LogP contribution is -2.46. The molecule has 3 fully saturated rings. The molecule has 2 saturated carbocycles. The molecule has 1 aromatic carbocycles. The smallest absolute Gasteiger partial charge is 0.191 e. The lowest BCUT2D eigenvalue weighted by atomic mass is 9.95. The number of guanidine groups is 1. The van der Waals surface area contributed by atoms with E-state index in [1.54, 1.807) is 12.1 Å². The lowest BCUT2D eigenvalue weighted by molar-refractivity contribution is 0.256. The molecular formula is C20H30FIN4. The number of benzene rings is 1. The molecule has 144 valence electrons. The zero-order valence-corrected chi connectivity index (χ0v) is 18.0. The minimum Gasteiger partial charge on any atom is -0.356 e. The molecule has 6 heteroatoms. The number of hydrogen-bond donors (Lipinski definition) is 2. The van der Waals surface area contributed by atoms with E-state index in [9.17, 15) is 4.39 Å². The summed E-state index contributed by atoms with van der Waals surface area (Å²) < 4.78 is 14.1. The highest BCUT2D eigenvalue weighted by atomic mass is 127. The summed E-state index contributed by atoms with van der Waals surface area (Å²) in [5.74, 6) is 0.756. The van der Waals surface area contributed by atoms with Gasteiger partial charge in [0.25, 0.3) is 0 Å². The van der Waals surface area contributed by atoms with Crippen LogP contribution in [0.2, 0.25) is 0 Å². The zero-order valence-electron chi connectivity index (χ0n) is 15.7. The Labute approximate surface area is 173 Å². The van der Waals surface area contributed by atoms with Crippen LogP contribution in [0.1, 0.15) is 44.6 Å². The Kier molecular flexibility index (Phi) is 6.11. The van der Waals surface area contributed by atoms with Gasteiger partial charge in [0, 0.05) is 43.7 Å². The molecule has 0 aromatic heterocycles. The van der Waals surface area contributed by atoms with E-state index in [0.29, 0.717) is 12.1 Å². The second-order valence-corrected chi connectivity index (χ2v) is 8.04. The van der Waals surface area contributed by atoms with Gasteiger partial charge < -0.3 is 10.6 Å². The van der Waals surface area contributed by atoms with E-state index in [2.05, 4.69) is 27.4 Å². The van der Waals surface area contributed by atoms with Gasteiger partial charge in [-0.2, -0.15) is 0 Å². The number of likely N-dealkylation sites (tertiary alicyclic amines) is 1. The molecule has 2 unspecified atom stereocenters. The molecule has 2 aliphatic carbocycles. The maximum Gasteiger partial charge on any atom is 0.191 e. The number of nitrogens with one attached hydrogen (secondary N) is 2. The van der Waals surface area contributed by atoms with Gasteiger partial charge in [-0.05, 0) is 50.7 Å². The van der Waals surface area contributed by atoms with Crippen molar-refractivity contribution in [3.8, 4) is 0 Å². The molecule has 2 atom stereocenters. The van der Waals surface area contributed by atoms with Gasteiger partial charge in [0.15, 0.2) is 5.96 Å². The summed E-state index contributed by atoms with van der Waals surface area (Å²) in [6.07, 6.45) is 5.95. The molecule has 0 bridgehead atoms. The highest BCUT2D eigenvalue weighted by Crippen LogP contribution is 2.48. The molecule has 1 heterocycles. The molecule has 26 heavy (non-hydrogen) atoms. The summed E-state index contributed by atoms with van der Waals surface area (Å²) in [4.78, 5) is 7.02. The van der Waals surface area contributed by atoms with Gasteiger partial charge in [0.1, 0.15) is 5.82 Å². The average Bonchev–Trinajstić information content (AvgIpc) is 3.52. The third-order valence-corrected chi connectivity index (χ3v) is 6.10. The standard InChI is InChI=1S/C20H29FN4.HI/c1-14-11-15(12-25(14)16-7-8-16)24-19(22-2)23-13-20(9-10-20)17-5-3-4-6-18(17)21;/h3-6,14-16H,7-13H2,1-2H3,(H2,22,23,24);1H. The minimum atomic E-state index is -0.0885. The fourth-order valence-electron chi connectivity index (χ4n) is 4.30. The summed E-state index contributed by atoms with van der Waals surface area (Å²) in [6.45, 7) is 4.17. The molecule has 4 rings (SSSR count). The maximum absolute atomic E-state index is 14.1. The van der Waals surface area contributed by atoms with Gasteiger partial charge in [-0.3, -0.25) is 9.89 Å². The van der Waals surface area contributed by atoms with E-state index in [4.69, 9.17) is 0 Å². The normalized spacial score (nSPS) is 27.7. The Hall–Kier alpha value is -0.890. The number of rotatable bonds is 5. The fourth-order valence-corrected chi connectivity index (χ4v) is 4.30. The topological polar surface area (TPSA) is 39.7 Å². The largest absolute Gasteiger partial charge is 0.356 e. The van der Waals surface area contributed by atoms with Gasteiger partial charge in [-0.1, -0.05) is 18.2 Å². The van der Waals surface area contributed by atoms with Gasteiger partial charge in [-0.25, -0.2) is 4.39 Å². The summed E-state index contributed by atoms with van der Waals surface area (Å²) in [6, 6.07) is 9.09. The van der Waals surface area contributed by atoms with Gasteiger partial charge in [0.2, 0.25) is 0 Å². The molecule has 0 radical (unpaired) electrons. The second kappa shape index (κ2) is 8.00. The number of hydrogen-bond acceptors (Lipinski definition) is 2. The quantitative estimate of drug-likeness (QED) is 0.393. The van der Waals surface area contributed by atoms with Crippen LogP contribution in [0.5, 0.6) is 0 Å². The molecule has 1 saturated heterocycles. The van der Waals surface area contributed by atoms with E-state index in [-0.39, 0.29) is 35.2 Å². The first-order valence-corrected chi connectivity index (χ1v) is 9.59. The zero-order chi connectivity index (χ0) is 17.4. The van der Waals surface area contributed by atoms with E-state index >= 15 is 0 Å². The van der Waals surface area contributed by atoms with Gasteiger partial charge >= 0.3 is 0 Å². The van der Waals surface area contributed by atoms with Crippen molar-refractivity contribution in [1.82, 2.24) is 15.5 Å². The third-order valence-electron chi connectivity index (χ3n) is 6.10. The molecule has 3 aliphatic rings. The molecule has 1 aromatic rings. The van der Waals surface area contributed by atoms with E-state index in [1.165, 1.54) is 12.8 Å². The summed E-state index contributed by atoms with van der Waals surface area (Å²) in [7, 11) is 1.81. The molecule has 0 amide bonds. The summed E-state index contributed by atoms with van der Waals surface area (Å²) >= 11 is 0. The van der Waals surface area contributed by atoms with Crippen molar-refractivity contribution in [3.05, 3.63) is 35.6 Å². The molecular weight excluding hydrogens is 442 g/mol. The van der Waals surface area contributed by atoms with Crippen molar-refractivity contribution >= 4 is 29.9 Å². The van der Waals surface area contributed by atoms with Crippen LogP contribution >= 0.6 is 24.0 Å². The molecule has 4 nitrogen and oxygen atoms in total. The third kappa shape index (κ3) is 4.16. The van der Waals surface area contributed by atoms with E-state index in [1.807, 2.05) is 19.2 Å². The first-order valence-electron chi connectivity index (χ1n) is 9.59.